The fourth-order valence-corrected chi connectivity index (χ4v) is 3.70. The number of rotatable bonds is 4. The van der Waals surface area contributed by atoms with Gasteiger partial charge in [-0.25, -0.2) is 4.79 Å². The fourth-order valence-electron chi connectivity index (χ4n) is 2.95. The molecule has 3 atom stereocenters. The van der Waals surface area contributed by atoms with Crippen LogP contribution >= 0.6 is 0 Å². The second kappa shape index (κ2) is 6.62. The molecule has 1 aliphatic heterocycles. The van der Waals surface area contributed by atoms with Crippen molar-refractivity contribution in [2.45, 2.75) is 44.6 Å². The van der Waals surface area contributed by atoms with Crippen LogP contribution in [-0.4, -0.2) is 53.9 Å². The third-order valence-electron chi connectivity index (χ3n) is 4.42. The highest BCUT2D eigenvalue weighted by Gasteiger charge is 2.58. The maximum Gasteiger partial charge on any atom is 0.521 e. The molecular weight excluding hydrogens is 334 g/mol. The lowest BCUT2D eigenvalue weighted by Crippen LogP contribution is -2.59. The molecule has 8 heteroatoms. The first-order chi connectivity index (χ1) is 11.1. The minimum atomic E-state index is -3.79. The van der Waals surface area contributed by atoms with Gasteiger partial charge >= 0.3 is 12.0 Å². The van der Waals surface area contributed by atoms with E-state index < -0.39 is 44.0 Å². The van der Waals surface area contributed by atoms with Gasteiger partial charge in [0.05, 0.1) is 10.8 Å². The molecule has 1 N–H and O–H groups in total. The van der Waals surface area contributed by atoms with E-state index >= 15 is 0 Å². The van der Waals surface area contributed by atoms with Crippen LogP contribution in [0.3, 0.4) is 0 Å². The Hall–Kier alpha value is -1.77. The molecule has 24 heavy (non-hydrogen) atoms. The standard InChI is InChI=1S/C16H21NO6S/c1-11(2)24(21,22)23-14-9-12(3)17(10-14,16(19)20)15(18)13-7-5-4-6-8-13/h4-8,11-12,14H,9-10H2,1-3H3/p+1/t12-,14-,17-/m1/s1. The second-order valence-corrected chi connectivity index (χ2v) is 8.47. The minimum Gasteiger partial charge on any atom is -0.435 e. The summed E-state index contributed by atoms with van der Waals surface area (Å²) in [5.41, 5.74) is 0.277. The molecule has 0 aliphatic carbocycles. The third kappa shape index (κ3) is 3.22. The Morgan fingerprint density at radius 3 is 2.33 bits per heavy atom. The Labute approximate surface area is 141 Å². The quantitative estimate of drug-likeness (QED) is 0.656. The normalized spacial score (nSPS) is 27.3. The van der Waals surface area contributed by atoms with Crippen molar-refractivity contribution in [1.29, 1.82) is 0 Å². The van der Waals surface area contributed by atoms with Gasteiger partial charge in [0.1, 0.15) is 18.7 Å². The molecule has 1 saturated heterocycles. The van der Waals surface area contributed by atoms with Crippen LogP contribution in [-0.2, 0) is 14.3 Å². The van der Waals surface area contributed by atoms with Gasteiger partial charge in [0, 0.05) is 6.42 Å². The zero-order valence-electron chi connectivity index (χ0n) is 13.9. The molecule has 0 aromatic heterocycles. The van der Waals surface area contributed by atoms with Gasteiger partial charge in [0.2, 0.25) is 0 Å². The molecule has 0 radical (unpaired) electrons. The topological polar surface area (TPSA) is 97.7 Å². The first-order valence-electron chi connectivity index (χ1n) is 7.74. The van der Waals surface area contributed by atoms with Gasteiger partial charge in [-0.1, -0.05) is 18.2 Å². The lowest BCUT2D eigenvalue weighted by molar-refractivity contribution is -0.787. The van der Waals surface area contributed by atoms with E-state index in [0.717, 1.165) is 0 Å². The van der Waals surface area contributed by atoms with Crippen LogP contribution in [0.25, 0.3) is 0 Å². The van der Waals surface area contributed by atoms with Gasteiger partial charge in [0.25, 0.3) is 10.1 Å². The summed E-state index contributed by atoms with van der Waals surface area (Å²) < 4.78 is 28.2. The smallest absolute Gasteiger partial charge is 0.435 e. The monoisotopic (exact) mass is 356 g/mol. The van der Waals surface area contributed by atoms with E-state index in [2.05, 4.69) is 0 Å². The summed E-state index contributed by atoms with van der Waals surface area (Å²) in [5, 5.41) is 9.01. The number of hydrogen-bond acceptors (Lipinski definition) is 5. The highest BCUT2D eigenvalue weighted by atomic mass is 32.2. The molecule has 0 bridgehead atoms. The van der Waals surface area contributed by atoms with Gasteiger partial charge in [-0.3, -0.25) is 4.18 Å². The van der Waals surface area contributed by atoms with Gasteiger partial charge < -0.3 is 5.11 Å². The number of imide groups is 1. The predicted molar refractivity (Wildman–Crippen MR) is 86.9 cm³/mol. The number of likely N-dealkylation sites (tertiary alicyclic amines) is 1. The summed E-state index contributed by atoms with van der Waals surface area (Å²) in [6, 6.07) is 7.56. The number of benzene rings is 1. The Morgan fingerprint density at radius 2 is 1.83 bits per heavy atom. The van der Waals surface area contributed by atoms with Crippen molar-refractivity contribution in [3.05, 3.63) is 35.9 Å². The Balaban J connectivity index is 2.34. The van der Waals surface area contributed by atoms with Crippen molar-refractivity contribution >= 4 is 22.1 Å². The summed E-state index contributed by atoms with van der Waals surface area (Å²) in [6.07, 6.45) is -1.96. The predicted octanol–water partition coefficient (Wildman–Crippen LogP) is 2.24. The second-order valence-electron chi connectivity index (χ2n) is 6.35. The van der Waals surface area contributed by atoms with E-state index in [1.807, 2.05) is 0 Å². The molecule has 1 heterocycles. The largest absolute Gasteiger partial charge is 0.521 e. The zero-order chi connectivity index (χ0) is 18.1. The number of carboxylic acid groups (broad SMARTS) is 1. The lowest BCUT2D eigenvalue weighted by Gasteiger charge is -2.29. The van der Waals surface area contributed by atoms with Crippen LogP contribution in [0.4, 0.5) is 4.79 Å². The summed E-state index contributed by atoms with van der Waals surface area (Å²) in [7, 11) is -3.79. The van der Waals surface area contributed by atoms with Crippen molar-refractivity contribution in [2.75, 3.05) is 6.54 Å². The summed E-state index contributed by atoms with van der Waals surface area (Å²) in [5.74, 6) is -0.566. The van der Waals surface area contributed by atoms with Crippen molar-refractivity contribution in [3.8, 4) is 0 Å². The molecule has 0 spiro atoms. The van der Waals surface area contributed by atoms with Crippen LogP contribution in [0.15, 0.2) is 30.3 Å². The summed E-state index contributed by atoms with van der Waals surface area (Å²) in [4.78, 5) is 24.8. The Bertz CT molecular complexity index is 730. The molecule has 0 unspecified atom stereocenters. The van der Waals surface area contributed by atoms with Gasteiger partial charge in [-0.15, -0.1) is 0 Å². The summed E-state index contributed by atoms with van der Waals surface area (Å²) in [6.45, 7) is 4.39. The van der Waals surface area contributed by atoms with E-state index in [1.54, 1.807) is 37.3 Å². The summed E-state index contributed by atoms with van der Waals surface area (Å²) >= 11 is 0. The Morgan fingerprint density at radius 1 is 1.25 bits per heavy atom. The van der Waals surface area contributed by atoms with Crippen LogP contribution in [0.1, 0.15) is 37.6 Å². The van der Waals surface area contributed by atoms with Crippen molar-refractivity contribution < 1.29 is 31.8 Å². The van der Waals surface area contributed by atoms with Crippen molar-refractivity contribution in [2.24, 2.45) is 0 Å². The van der Waals surface area contributed by atoms with Crippen LogP contribution in [0, 0.1) is 0 Å². The fraction of sp³-hybridized carbons (Fsp3) is 0.500. The molecule has 7 nitrogen and oxygen atoms in total. The number of nitrogens with zero attached hydrogens (tertiary/aromatic N) is 1. The average molecular weight is 356 g/mol. The first kappa shape index (κ1) is 18.6. The number of carbonyl (C=O) groups excluding carboxylic acids is 1. The molecule has 0 saturated carbocycles. The zero-order valence-corrected chi connectivity index (χ0v) is 14.7. The highest BCUT2D eigenvalue weighted by molar-refractivity contribution is 7.87. The molecule has 1 fully saturated rings. The van der Waals surface area contributed by atoms with E-state index in [0.29, 0.717) is 0 Å². The minimum absolute atomic E-state index is 0.177. The Kier molecular flexibility index (Phi) is 5.12. The molecule has 1 aromatic rings. The molecule has 132 valence electrons. The van der Waals surface area contributed by atoms with E-state index in [-0.39, 0.29) is 18.5 Å². The number of amides is 2. The lowest BCUT2D eigenvalue weighted by atomic mass is 10.1. The molecule has 2 amide bonds. The average Bonchev–Trinajstić information content (AvgIpc) is 2.83. The molecular formula is C16H22NO6S+. The molecule has 1 aliphatic rings. The van der Waals surface area contributed by atoms with Gasteiger partial charge in [0.15, 0.2) is 0 Å². The van der Waals surface area contributed by atoms with Crippen LogP contribution in [0.5, 0.6) is 0 Å². The number of carbonyl (C=O) groups is 2. The van der Waals surface area contributed by atoms with E-state index in [1.165, 1.54) is 13.8 Å². The third-order valence-corrected chi connectivity index (χ3v) is 6.12. The maximum atomic E-state index is 12.9. The van der Waals surface area contributed by atoms with Crippen LogP contribution in [0.2, 0.25) is 0 Å². The first-order valence-corrected chi connectivity index (χ1v) is 9.21. The molecule has 2 rings (SSSR count). The SMILES string of the molecule is CC(C)S(=O)(=O)O[C@@H]1C[C@@H](C)[N@@+](C(=O)O)(C(=O)c2ccccc2)C1. The number of quaternary nitrogens is 1. The van der Waals surface area contributed by atoms with Gasteiger partial charge in [-0.05, 0) is 32.9 Å². The van der Waals surface area contributed by atoms with Crippen molar-refractivity contribution in [1.82, 2.24) is 0 Å². The highest BCUT2D eigenvalue weighted by Crippen LogP contribution is 2.33. The maximum absolute atomic E-state index is 12.9. The van der Waals surface area contributed by atoms with Crippen LogP contribution < -0.4 is 0 Å². The molecule has 1 aromatic carbocycles. The van der Waals surface area contributed by atoms with E-state index in [9.17, 15) is 23.1 Å². The van der Waals surface area contributed by atoms with E-state index in [4.69, 9.17) is 4.18 Å². The van der Waals surface area contributed by atoms with Crippen molar-refractivity contribution in [3.63, 3.8) is 0 Å². The van der Waals surface area contributed by atoms with Gasteiger partial charge in [-0.2, -0.15) is 17.7 Å². The number of hydrogen-bond donors (Lipinski definition) is 1.